The average Bonchev–Trinajstić information content (AvgIpc) is 2.61. The van der Waals surface area contributed by atoms with Gasteiger partial charge in [-0.05, 0) is 42.2 Å². The molecular formula is C21H21NO4. The van der Waals surface area contributed by atoms with Crippen LogP contribution in [0.4, 0.5) is 5.69 Å². The molecule has 3 rings (SSSR count). The average molecular weight is 351 g/mol. The molecule has 3 aromatic rings. The van der Waals surface area contributed by atoms with E-state index in [2.05, 4.69) is 19.2 Å². The molecular weight excluding hydrogens is 330 g/mol. The first kappa shape index (κ1) is 17.7. The Morgan fingerprint density at radius 1 is 1.15 bits per heavy atom. The monoisotopic (exact) mass is 351 g/mol. The lowest BCUT2D eigenvalue weighted by atomic mass is 9.98. The summed E-state index contributed by atoms with van der Waals surface area (Å²) in [5, 5.41) is 3.73. The van der Waals surface area contributed by atoms with Gasteiger partial charge in [0.1, 0.15) is 11.3 Å². The van der Waals surface area contributed by atoms with Crippen molar-refractivity contribution in [1.82, 2.24) is 0 Å². The van der Waals surface area contributed by atoms with E-state index in [-0.39, 0.29) is 12.5 Å². The molecule has 0 aliphatic heterocycles. The molecule has 1 N–H and O–H groups in total. The Bertz CT molecular complexity index is 1000. The number of carbonyl (C=O) groups excluding carboxylic acids is 1. The summed E-state index contributed by atoms with van der Waals surface area (Å²) in [7, 11) is 0. The molecule has 0 bridgehead atoms. The minimum absolute atomic E-state index is 0.131. The Labute approximate surface area is 151 Å². The van der Waals surface area contributed by atoms with Crippen molar-refractivity contribution >= 4 is 22.6 Å². The number of ether oxygens (including phenoxy) is 1. The first-order valence-corrected chi connectivity index (χ1v) is 8.50. The van der Waals surface area contributed by atoms with Gasteiger partial charge in [0, 0.05) is 23.2 Å². The molecule has 0 unspecified atom stereocenters. The molecule has 1 aromatic heterocycles. The number of hydrogen-bond acceptors (Lipinski definition) is 4. The van der Waals surface area contributed by atoms with Crippen LogP contribution in [0.2, 0.25) is 0 Å². The molecule has 134 valence electrons. The maximum atomic E-state index is 12.3. The third-order valence-electron chi connectivity index (χ3n) is 4.16. The molecule has 0 saturated carbocycles. The second-order valence-corrected chi connectivity index (χ2v) is 6.48. The van der Waals surface area contributed by atoms with Crippen LogP contribution in [0.25, 0.3) is 11.0 Å². The quantitative estimate of drug-likeness (QED) is 0.698. The van der Waals surface area contributed by atoms with Gasteiger partial charge >= 0.3 is 5.63 Å². The summed E-state index contributed by atoms with van der Waals surface area (Å²) in [6, 6.07) is 14.1. The second-order valence-electron chi connectivity index (χ2n) is 6.48. The molecule has 5 nitrogen and oxygen atoms in total. The predicted molar refractivity (Wildman–Crippen MR) is 102 cm³/mol. The van der Waals surface area contributed by atoms with E-state index in [0.717, 1.165) is 22.2 Å². The molecule has 0 saturated heterocycles. The fraction of sp³-hybridized carbons (Fsp3) is 0.238. The Hall–Kier alpha value is -3.08. The van der Waals surface area contributed by atoms with Crippen molar-refractivity contribution in [3.63, 3.8) is 0 Å². The van der Waals surface area contributed by atoms with Gasteiger partial charge in [-0.1, -0.05) is 32.0 Å². The highest BCUT2D eigenvalue weighted by molar-refractivity contribution is 5.93. The van der Waals surface area contributed by atoms with Crippen molar-refractivity contribution in [2.45, 2.75) is 26.7 Å². The highest BCUT2D eigenvalue weighted by Crippen LogP contribution is 2.27. The zero-order chi connectivity index (χ0) is 18.7. The fourth-order valence-corrected chi connectivity index (χ4v) is 2.80. The maximum Gasteiger partial charge on any atom is 0.336 e. The number of carbonyl (C=O) groups is 1. The van der Waals surface area contributed by atoms with Crippen LogP contribution in [-0.4, -0.2) is 12.5 Å². The molecule has 5 heteroatoms. The number of nitrogens with one attached hydrogen (secondary N) is 1. The number of aryl methyl sites for hydroxylation is 1. The third-order valence-corrected chi connectivity index (χ3v) is 4.16. The van der Waals surface area contributed by atoms with Crippen LogP contribution in [0, 0.1) is 6.92 Å². The third kappa shape index (κ3) is 3.94. The molecule has 0 fully saturated rings. The van der Waals surface area contributed by atoms with Crippen molar-refractivity contribution in [1.29, 1.82) is 0 Å². The van der Waals surface area contributed by atoms with Gasteiger partial charge in [0.2, 0.25) is 0 Å². The standard InChI is InChI=1S/C21H21NO4/c1-13(2)17-6-4-5-14(3)21(17)22-19(23)12-25-16-9-7-15-8-10-20(24)26-18(15)11-16/h4-11,13H,12H2,1-3H3,(H,22,23). The van der Waals surface area contributed by atoms with Crippen LogP contribution >= 0.6 is 0 Å². The van der Waals surface area contributed by atoms with Crippen LogP contribution in [-0.2, 0) is 4.79 Å². The molecule has 0 aliphatic rings. The highest BCUT2D eigenvalue weighted by atomic mass is 16.5. The first-order valence-electron chi connectivity index (χ1n) is 8.50. The molecule has 1 heterocycles. The molecule has 26 heavy (non-hydrogen) atoms. The summed E-state index contributed by atoms with van der Waals surface area (Å²) in [5.41, 5.74) is 2.94. The summed E-state index contributed by atoms with van der Waals surface area (Å²) >= 11 is 0. The van der Waals surface area contributed by atoms with Gasteiger partial charge in [0.25, 0.3) is 5.91 Å². The number of benzene rings is 2. The van der Waals surface area contributed by atoms with Crippen molar-refractivity contribution < 1.29 is 13.9 Å². The maximum absolute atomic E-state index is 12.3. The number of amides is 1. The molecule has 2 aromatic carbocycles. The largest absolute Gasteiger partial charge is 0.484 e. The lowest BCUT2D eigenvalue weighted by Gasteiger charge is -2.16. The van der Waals surface area contributed by atoms with Crippen LogP contribution in [0.5, 0.6) is 5.75 Å². The minimum atomic E-state index is -0.423. The van der Waals surface area contributed by atoms with Crippen LogP contribution < -0.4 is 15.7 Å². The molecule has 0 atom stereocenters. The Kier molecular flexibility index (Phi) is 5.07. The van der Waals surface area contributed by atoms with Crippen molar-refractivity contribution in [2.24, 2.45) is 0 Å². The summed E-state index contributed by atoms with van der Waals surface area (Å²) in [6.07, 6.45) is 0. The number of fused-ring (bicyclic) bond motifs is 1. The van der Waals surface area contributed by atoms with Crippen molar-refractivity contribution in [2.75, 3.05) is 11.9 Å². The zero-order valence-corrected chi connectivity index (χ0v) is 15.0. The summed E-state index contributed by atoms with van der Waals surface area (Å²) in [6.45, 7) is 6.01. The van der Waals surface area contributed by atoms with Gasteiger partial charge in [-0.25, -0.2) is 4.79 Å². The topological polar surface area (TPSA) is 68.5 Å². The summed E-state index contributed by atoms with van der Waals surface area (Å²) < 4.78 is 10.7. The van der Waals surface area contributed by atoms with E-state index in [9.17, 15) is 9.59 Å². The number of rotatable bonds is 5. The SMILES string of the molecule is Cc1cccc(C(C)C)c1NC(=O)COc1ccc2ccc(=O)oc2c1. The Morgan fingerprint density at radius 2 is 1.92 bits per heavy atom. The van der Waals surface area contributed by atoms with E-state index in [0.29, 0.717) is 17.3 Å². The van der Waals surface area contributed by atoms with Crippen molar-refractivity contribution in [3.8, 4) is 5.75 Å². The number of hydrogen-bond donors (Lipinski definition) is 1. The number of para-hydroxylation sites is 1. The van der Waals surface area contributed by atoms with Crippen LogP contribution in [0.3, 0.4) is 0 Å². The Morgan fingerprint density at radius 3 is 2.69 bits per heavy atom. The number of anilines is 1. The van der Waals surface area contributed by atoms with Gasteiger partial charge in [-0.2, -0.15) is 0 Å². The van der Waals surface area contributed by atoms with Gasteiger partial charge < -0.3 is 14.5 Å². The van der Waals surface area contributed by atoms with E-state index >= 15 is 0 Å². The summed E-state index contributed by atoms with van der Waals surface area (Å²) in [4.78, 5) is 23.6. The van der Waals surface area contributed by atoms with E-state index in [1.165, 1.54) is 6.07 Å². The van der Waals surface area contributed by atoms with Gasteiger partial charge in [-0.3, -0.25) is 4.79 Å². The van der Waals surface area contributed by atoms with Crippen LogP contribution in [0.15, 0.2) is 57.7 Å². The minimum Gasteiger partial charge on any atom is -0.484 e. The highest BCUT2D eigenvalue weighted by Gasteiger charge is 2.12. The fourth-order valence-electron chi connectivity index (χ4n) is 2.80. The molecule has 0 aliphatic carbocycles. The van der Waals surface area contributed by atoms with Gasteiger partial charge in [0.15, 0.2) is 6.61 Å². The normalized spacial score (nSPS) is 10.9. The van der Waals surface area contributed by atoms with Gasteiger partial charge in [0.05, 0.1) is 0 Å². The van der Waals surface area contributed by atoms with E-state index in [4.69, 9.17) is 9.15 Å². The van der Waals surface area contributed by atoms with Gasteiger partial charge in [-0.15, -0.1) is 0 Å². The van der Waals surface area contributed by atoms with E-state index < -0.39 is 5.63 Å². The van der Waals surface area contributed by atoms with E-state index in [1.807, 2.05) is 25.1 Å². The van der Waals surface area contributed by atoms with Crippen molar-refractivity contribution in [3.05, 3.63) is 70.1 Å². The molecule has 0 radical (unpaired) electrons. The lowest BCUT2D eigenvalue weighted by Crippen LogP contribution is -2.21. The smallest absolute Gasteiger partial charge is 0.336 e. The zero-order valence-electron chi connectivity index (χ0n) is 15.0. The lowest BCUT2D eigenvalue weighted by molar-refractivity contribution is -0.118. The van der Waals surface area contributed by atoms with Crippen LogP contribution in [0.1, 0.15) is 30.9 Å². The molecule has 1 amide bonds. The summed E-state index contributed by atoms with van der Waals surface area (Å²) in [5.74, 6) is 0.529. The second kappa shape index (κ2) is 7.44. The predicted octanol–water partition coefficient (Wildman–Crippen LogP) is 4.24. The van der Waals surface area contributed by atoms with E-state index in [1.54, 1.807) is 24.3 Å². The first-order chi connectivity index (χ1) is 12.4. The Balaban J connectivity index is 1.71. The molecule has 0 spiro atoms.